The summed E-state index contributed by atoms with van der Waals surface area (Å²) >= 11 is 0. The van der Waals surface area contributed by atoms with Crippen LogP contribution in [0, 0.1) is 6.92 Å². The van der Waals surface area contributed by atoms with Gasteiger partial charge in [0.05, 0.1) is 17.8 Å². The van der Waals surface area contributed by atoms with E-state index >= 15 is 0 Å². The molecular formula is C21H21N7O2. The Morgan fingerprint density at radius 3 is 2.83 bits per heavy atom. The second-order valence-electron chi connectivity index (χ2n) is 7.11. The van der Waals surface area contributed by atoms with Gasteiger partial charge in [0.2, 0.25) is 0 Å². The number of fused-ring (bicyclic) bond motifs is 1. The summed E-state index contributed by atoms with van der Waals surface area (Å²) in [5.41, 5.74) is 3.73. The molecule has 0 saturated carbocycles. The highest BCUT2D eigenvalue weighted by Gasteiger charge is 2.12. The predicted molar refractivity (Wildman–Crippen MR) is 115 cm³/mol. The zero-order valence-electron chi connectivity index (χ0n) is 16.8. The molecule has 0 spiro atoms. The fourth-order valence-corrected chi connectivity index (χ4v) is 3.13. The number of carbonyl (C=O) groups is 1. The van der Waals surface area contributed by atoms with Crippen LogP contribution in [0.25, 0.3) is 11.3 Å². The zero-order valence-corrected chi connectivity index (χ0v) is 16.8. The fourth-order valence-electron chi connectivity index (χ4n) is 3.13. The number of aryl methyl sites for hydroxylation is 2. The molecule has 30 heavy (non-hydrogen) atoms. The first-order valence-electron chi connectivity index (χ1n) is 9.42. The third-order valence-corrected chi connectivity index (χ3v) is 4.75. The molecule has 3 heterocycles. The maximum atomic E-state index is 12.5. The molecule has 1 atom stereocenters. The van der Waals surface area contributed by atoms with Gasteiger partial charge < -0.3 is 10.6 Å². The highest BCUT2D eigenvalue weighted by molar-refractivity contribution is 6.04. The van der Waals surface area contributed by atoms with E-state index in [1.54, 1.807) is 31.7 Å². The van der Waals surface area contributed by atoms with Crippen LogP contribution >= 0.6 is 0 Å². The standard InChI is InChI=1S/C21H21N7O2/c1-12-7-15(10-22-9-12)20(29)25-16-6-4-5-14(8-16)13(2)24-17-11-23-18-19(26-17)28(3)21(30)27-18/h4-11,13H,1-3H3,(H,24,26)(H,25,29)(H,23,27,30). The van der Waals surface area contributed by atoms with Gasteiger partial charge in [-0.15, -0.1) is 0 Å². The highest BCUT2D eigenvalue weighted by atomic mass is 16.2. The Bertz CT molecular complexity index is 1290. The second kappa shape index (κ2) is 7.78. The van der Waals surface area contributed by atoms with Crippen molar-refractivity contribution in [2.24, 2.45) is 7.05 Å². The number of H-pyrrole nitrogens is 1. The average molecular weight is 403 g/mol. The number of imidazole rings is 1. The lowest BCUT2D eigenvalue weighted by Crippen LogP contribution is -2.14. The molecule has 0 radical (unpaired) electrons. The topological polar surface area (TPSA) is 118 Å². The van der Waals surface area contributed by atoms with Crippen LogP contribution in [0.15, 0.2) is 53.7 Å². The minimum atomic E-state index is -0.262. The highest BCUT2D eigenvalue weighted by Crippen LogP contribution is 2.22. The summed E-state index contributed by atoms with van der Waals surface area (Å²) in [7, 11) is 1.64. The number of anilines is 2. The number of benzene rings is 1. The Kier molecular flexibility index (Phi) is 5.01. The molecule has 0 aliphatic carbocycles. The van der Waals surface area contributed by atoms with Crippen molar-refractivity contribution in [3.63, 3.8) is 0 Å². The minimum absolute atomic E-state index is 0.106. The van der Waals surface area contributed by atoms with Crippen LogP contribution in [0.1, 0.15) is 34.5 Å². The summed E-state index contributed by atoms with van der Waals surface area (Å²) in [5, 5.41) is 6.18. The van der Waals surface area contributed by atoms with E-state index in [1.165, 1.54) is 4.57 Å². The third kappa shape index (κ3) is 3.90. The lowest BCUT2D eigenvalue weighted by molar-refractivity contribution is 0.102. The molecule has 0 saturated heterocycles. The first-order valence-corrected chi connectivity index (χ1v) is 9.42. The molecule has 4 rings (SSSR count). The molecule has 4 aromatic rings. The molecule has 0 fully saturated rings. The van der Waals surface area contributed by atoms with Crippen LogP contribution in [-0.4, -0.2) is 30.4 Å². The number of aromatic amines is 1. The third-order valence-electron chi connectivity index (χ3n) is 4.75. The van der Waals surface area contributed by atoms with Crippen molar-refractivity contribution in [1.29, 1.82) is 0 Å². The van der Waals surface area contributed by atoms with Gasteiger partial charge >= 0.3 is 5.69 Å². The largest absolute Gasteiger partial charge is 0.362 e. The smallest absolute Gasteiger partial charge is 0.328 e. The maximum Gasteiger partial charge on any atom is 0.328 e. The van der Waals surface area contributed by atoms with Crippen molar-refractivity contribution in [3.05, 3.63) is 76.1 Å². The van der Waals surface area contributed by atoms with E-state index in [0.29, 0.717) is 28.4 Å². The van der Waals surface area contributed by atoms with Gasteiger partial charge in [0.25, 0.3) is 5.91 Å². The molecule has 1 unspecified atom stereocenters. The SMILES string of the molecule is Cc1cncc(C(=O)Nc2cccc(C(C)Nc3cnc4[nH]c(=O)n(C)c4n3)c2)c1. The Hall–Kier alpha value is -4.01. The summed E-state index contributed by atoms with van der Waals surface area (Å²) in [6.45, 7) is 3.87. The Balaban J connectivity index is 1.51. The Morgan fingerprint density at radius 1 is 1.20 bits per heavy atom. The van der Waals surface area contributed by atoms with E-state index < -0.39 is 0 Å². The summed E-state index contributed by atoms with van der Waals surface area (Å²) in [6, 6.07) is 9.25. The minimum Gasteiger partial charge on any atom is -0.362 e. The van der Waals surface area contributed by atoms with Gasteiger partial charge in [0, 0.05) is 25.1 Å². The number of amides is 1. The number of nitrogens with one attached hydrogen (secondary N) is 3. The summed E-state index contributed by atoms with van der Waals surface area (Å²) < 4.78 is 1.41. The molecule has 3 N–H and O–H groups in total. The van der Waals surface area contributed by atoms with Crippen LogP contribution in [0.3, 0.4) is 0 Å². The predicted octanol–water partition coefficient (Wildman–Crippen LogP) is 2.79. The van der Waals surface area contributed by atoms with Gasteiger partial charge in [-0.25, -0.2) is 14.8 Å². The van der Waals surface area contributed by atoms with Gasteiger partial charge in [-0.1, -0.05) is 12.1 Å². The lowest BCUT2D eigenvalue weighted by atomic mass is 10.1. The van der Waals surface area contributed by atoms with E-state index in [9.17, 15) is 9.59 Å². The van der Waals surface area contributed by atoms with Gasteiger partial charge in [-0.05, 0) is 43.2 Å². The summed E-state index contributed by atoms with van der Waals surface area (Å²) in [4.78, 5) is 39.6. The molecule has 0 aliphatic heterocycles. The molecule has 1 aromatic carbocycles. The Morgan fingerprint density at radius 2 is 2.03 bits per heavy atom. The van der Waals surface area contributed by atoms with E-state index in [-0.39, 0.29) is 17.6 Å². The van der Waals surface area contributed by atoms with E-state index in [4.69, 9.17) is 0 Å². The molecule has 9 nitrogen and oxygen atoms in total. The quantitative estimate of drug-likeness (QED) is 0.472. The number of carbonyl (C=O) groups excluding carboxylic acids is 1. The van der Waals surface area contributed by atoms with E-state index in [2.05, 4.69) is 30.6 Å². The van der Waals surface area contributed by atoms with Crippen molar-refractivity contribution in [1.82, 2.24) is 24.5 Å². The molecule has 0 bridgehead atoms. The Labute approximate surface area is 172 Å². The summed E-state index contributed by atoms with van der Waals surface area (Å²) in [6.07, 6.45) is 4.82. The van der Waals surface area contributed by atoms with Gasteiger partial charge in [-0.2, -0.15) is 0 Å². The van der Waals surface area contributed by atoms with Gasteiger partial charge in [-0.3, -0.25) is 19.3 Å². The van der Waals surface area contributed by atoms with Crippen LogP contribution in [0.5, 0.6) is 0 Å². The first kappa shape index (κ1) is 19.3. The van der Waals surface area contributed by atoms with Crippen LogP contribution in [0.2, 0.25) is 0 Å². The number of rotatable bonds is 5. The lowest BCUT2D eigenvalue weighted by Gasteiger charge is -2.16. The van der Waals surface area contributed by atoms with Crippen molar-refractivity contribution >= 4 is 28.7 Å². The molecule has 1 amide bonds. The molecule has 152 valence electrons. The number of pyridine rings is 1. The number of nitrogens with zero attached hydrogens (tertiary/aromatic N) is 4. The van der Waals surface area contributed by atoms with Crippen LogP contribution in [-0.2, 0) is 7.05 Å². The second-order valence-corrected chi connectivity index (χ2v) is 7.11. The van der Waals surface area contributed by atoms with Crippen molar-refractivity contribution < 1.29 is 4.79 Å². The monoisotopic (exact) mass is 403 g/mol. The normalized spacial score (nSPS) is 12.0. The molecule has 0 aliphatic rings. The molecule has 3 aromatic heterocycles. The molecular weight excluding hydrogens is 382 g/mol. The van der Waals surface area contributed by atoms with E-state index in [0.717, 1.165) is 11.1 Å². The fraction of sp³-hybridized carbons (Fsp3) is 0.190. The maximum absolute atomic E-state index is 12.5. The first-order chi connectivity index (χ1) is 14.4. The van der Waals surface area contributed by atoms with Gasteiger partial charge in [0.15, 0.2) is 11.3 Å². The van der Waals surface area contributed by atoms with Crippen molar-refractivity contribution in [2.75, 3.05) is 10.6 Å². The van der Waals surface area contributed by atoms with Crippen molar-refractivity contribution in [2.45, 2.75) is 19.9 Å². The van der Waals surface area contributed by atoms with Crippen LogP contribution < -0.4 is 16.3 Å². The van der Waals surface area contributed by atoms with Gasteiger partial charge in [0.1, 0.15) is 5.82 Å². The zero-order chi connectivity index (χ0) is 21.3. The average Bonchev–Trinajstić information content (AvgIpc) is 3.02. The number of hydrogen-bond donors (Lipinski definition) is 3. The van der Waals surface area contributed by atoms with Crippen LogP contribution in [0.4, 0.5) is 11.5 Å². The van der Waals surface area contributed by atoms with Crippen molar-refractivity contribution in [3.8, 4) is 0 Å². The molecule has 9 heteroatoms. The number of aromatic nitrogens is 5. The summed E-state index contributed by atoms with van der Waals surface area (Å²) in [5.74, 6) is 0.332. The number of hydrogen-bond acceptors (Lipinski definition) is 6. The van der Waals surface area contributed by atoms with E-state index in [1.807, 2.05) is 38.1 Å².